The molecule has 1 fully saturated rings. The van der Waals surface area contributed by atoms with Crippen LogP contribution in [-0.2, 0) is 14.8 Å². The first-order valence-electron chi connectivity index (χ1n) is 8.35. The number of nitrogens with zero attached hydrogens (tertiary/aromatic N) is 2. The number of phenols is 2. The highest BCUT2D eigenvalue weighted by Gasteiger charge is 2.30. The van der Waals surface area contributed by atoms with Gasteiger partial charge in [0.05, 0.1) is 4.90 Å². The average Bonchev–Trinajstić information content (AvgIpc) is 2.69. The van der Waals surface area contributed by atoms with Gasteiger partial charge in [-0.3, -0.25) is 4.79 Å². The zero-order valence-electron chi connectivity index (χ0n) is 14.5. The molecule has 0 saturated carbocycles. The van der Waals surface area contributed by atoms with E-state index in [1.165, 1.54) is 10.4 Å². The summed E-state index contributed by atoms with van der Waals surface area (Å²) in [7, 11) is -3.81. The molecule has 0 bridgehead atoms. The smallest absolute Gasteiger partial charge is 0.260 e. The fourth-order valence-electron chi connectivity index (χ4n) is 2.74. The zero-order valence-corrected chi connectivity index (χ0v) is 15.3. The molecule has 9 heteroatoms. The van der Waals surface area contributed by atoms with Gasteiger partial charge in [0.1, 0.15) is 5.75 Å². The molecule has 0 aromatic heterocycles. The van der Waals surface area contributed by atoms with Gasteiger partial charge in [-0.25, -0.2) is 8.42 Å². The van der Waals surface area contributed by atoms with Crippen LogP contribution in [0.15, 0.2) is 53.4 Å². The van der Waals surface area contributed by atoms with Crippen LogP contribution < -0.4 is 4.74 Å². The Labute approximate surface area is 157 Å². The molecule has 1 saturated heterocycles. The molecular weight excluding hydrogens is 372 g/mol. The van der Waals surface area contributed by atoms with Crippen LogP contribution in [0.2, 0.25) is 0 Å². The second-order valence-electron chi connectivity index (χ2n) is 6.04. The number of carbonyl (C=O) groups is 1. The molecule has 1 amide bonds. The molecule has 144 valence electrons. The molecule has 2 aromatic carbocycles. The van der Waals surface area contributed by atoms with Crippen molar-refractivity contribution in [3.8, 4) is 17.2 Å². The summed E-state index contributed by atoms with van der Waals surface area (Å²) in [6, 6.07) is 12.3. The van der Waals surface area contributed by atoms with Crippen LogP contribution in [0, 0.1) is 0 Å². The lowest BCUT2D eigenvalue weighted by Crippen LogP contribution is -2.51. The highest BCUT2D eigenvalue weighted by atomic mass is 32.2. The summed E-state index contributed by atoms with van der Waals surface area (Å²) in [5.74, 6) is -0.497. The van der Waals surface area contributed by atoms with E-state index in [0.29, 0.717) is 5.75 Å². The maximum absolute atomic E-state index is 12.6. The third-order valence-corrected chi connectivity index (χ3v) is 6.18. The Kier molecular flexibility index (Phi) is 5.52. The minimum Gasteiger partial charge on any atom is -0.504 e. The first-order valence-corrected chi connectivity index (χ1v) is 9.80. The van der Waals surface area contributed by atoms with Crippen molar-refractivity contribution in [2.75, 3.05) is 32.8 Å². The number of phenolic OH excluding ortho intramolecular Hbond substituents is 2. The standard InChI is InChI=1S/C18H20N2O6S/c21-16-7-6-15(12-17(16)22)27(24,25)20-10-8-19(9-11-20)18(23)13-26-14-4-2-1-3-5-14/h1-7,12,21-22H,8-11,13H2. The summed E-state index contributed by atoms with van der Waals surface area (Å²) in [4.78, 5) is 13.7. The van der Waals surface area contributed by atoms with Gasteiger partial charge in [0, 0.05) is 32.2 Å². The minimum atomic E-state index is -3.81. The third kappa shape index (κ3) is 4.32. The van der Waals surface area contributed by atoms with E-state index >= 15 is 0 Å². The van der Waals surface area contributed by atoms with Crippen molar-refractivity contribution >= 4 is 15.9 Å². The van der Waals surface area contributed by atoms with Crippen LogP contribution >= 0.6 is 0 Å². The average molecular weight is 392 g/mol. The summed E-state index contributed by atoms with van der Waals surface area (Å²) in [6.45, 7) is 0.672. The molecule has 1 heterocycles. The van der Waals surface area contributed by atoms with Crippen LogP contribution in [0.5, 0.6) is 17.2 Å². The summed E-state index contributed by atoms with van der Waals surface area (Å²) in [5.41, 5.74) is 0. The second kappa shape index (κ2) is 7.85. The van der Waals surface area contributed by atoms with Crippen LogP contribution in [-0.4, -0.2) is 66.5 Å². The highest BCUT2D eigenvalue weighted by molar-refractivity contribution is 7.89. The molecular formula is C18H20N2O6S. The molecule has 1 aliphatic rings. The summed E-state index contributed by atoms with van der Waals surface area (Å²) in [6.07, 6.45) is 0. The number of carbonyl (C=O) groups excluding carboxylic acids is 1. The SMILES string of the molecule is O=C(COc1ccccc1)N1CCN(S(=O)(=O)c2ccc(O)c(O)c2)CC1. The molecule has 3 rings (SSSR count). The summed E-state index contributed by atoms with van der Waals surface area (Å²) in [5, 5.41) is 18.9. The molecule has 2 N–H and O–H groups in total. The number of ether oxygens (including phenoxy) is 1. The Hall–Kier alpha value is -2.78. The lowest BCUT2D eigenvalue weighted by atomic mass is 10.3. The van der Waals surface area contributed by atoms with E-state index < -0.39 is 15.8 Å². The Morgan fingerprint density at radius 3 is 2.26 bits per heavy atom. The lowest BCUT2D eigenvalue weighted by Gasteiger charge is -2.34. The molecule has 2 aromatic rings. The van der Waals surface area contributed by atoms with Crippen molar-refractivity contribution in [3.63, 3.8) is 0 Å². The fourth-order valence-corrected chi connectivity index (χ4v) is 4.19. The molecule has 27 heavy (non-hydrogen) atoms. The van der Waals surface area contributed by atoms with Crippen LogP contribution in [0.4, 0.5) is 0 Å². The van der Waals surface area contributed by atoms with E-state index in [1.54, 1.807) is 17.0 Å². The first-order chi connectivity index (χ1) is 12.9. The van der Waals surface area contributed by atoms with E-state index in [2.05, 4.69) is 0 Å². The summed E-state index contributed by atoms with van der Waals surface area (Å²) >= 11 is 0. The van der Waals surface area contributed by atoms with E-state index in [9.17, 15) is 23.4 Å². The molecule has 0 radical (unpaired) electrons. The predicted molar refractivity (Wildman–Crippen MR) is 97.0 cm³/mol. The van der Waals surface area contributed by atoms with E-state index in [0.717, 1.165) is 12.1 Å². The van der Waals surface area contributed by atoms with Crippen molar-refractivity contribution in [3.05, 3.63) is 48.5 Å². The fraction of sp³-hybridized carbons (Fsp3) is 0.278. The quantitative estimate of drug-likeness (QED) is 0.736. The largest absolute Gasteiger partial charge is 0.504 e. The van der Waals surface area contributed by atoms with Crippen LogP contribution in [0.1, 0.15) is 0 Å². The minimum absolute atomic E-state index is 0.106. The number of hydrogen-bond donors (Lipinski definition) is 2. The van der Waals surface area contributed by atoms with Gasteiger partial charge in [-0.05, 0) is 24.3 Å². The Morgan fingerprint density at radius 2 is 1.63 bits per heavy atom. The number of para-hydroxylation sites is 1. The Balaban J connectivity index is 1.57. The van der Waals surface area contributed by atoms with E-state index in [-0.39, 0.29) is 49.3 Å². The number of sulfonamides is 1. The van der Waals surface area contributed by atoms with Gasteiger partial charge in [0.25, 0.3) is 5.91 Å². The lowest BCUT2D eigenvalue weighted by molar-refractivity contribution is -0.134. The topological polar surface area (TPSA) is 107 Å². The van der Waals surface area contributed by atoms with Crippen molar-refractivity contribution in [2.45, 2.75) is 4.90 Å². The van der Waals surface area contributed by atoms with Crippen LogP contribution in [0.3, 0.4) is 0 Å². The van der Waals surface area contributed by atoms with Gasteiger partial charge >= 0.3 is 0 Å². The van der Waals surface area contributed by atoms with Gasteiger partial charge in [0.15, 0.2) is 18.1 Å². The van der Waals surface area contributed by atoms with Gasteiger partial charge in [-0.2, -0.15) is 4.31 Å². The first kappa shape index (κ1) is 19.0. The number of hydrogen-bond acceptors (Lipinski definition) is 6. The van der Waals surface area contributed by atoms with Gasteiger partial charge < -0.3 is 19.8 Å². The summed E-state index contributed by atoms with van der Waals surface area (Å²) < 4.78 is 32.0. The van der Waals surface area contributed by atoms with Crippen molar-refractivity contribution in [2.24, 2.45) is 0 Å². The molecule has 0 atom stereocenters. The molecule has 1 aliphatic heterocycles. The number of aromatic hydroxyl groups is 2. The number of piperazine rings is 1. The normalized spacial score (nSPS) is 15.5. The van der Waals surface area contributed by atoms with Crippen molar-refractivity contribution in [1.82, 2.24) is 9.21 Å². The highest BCUT2D eigenvalue weighted by Crippen LogP contribution is 2.28. The Morgan fingerprint density at radius 1 is 0.963 bits per heavy atom. The molecule has 0 unspecified atom stereocenters. The number of rotatable bonds is 5. The van der Waals surface area contributed by atoms with Gasteiger partial charge in [-0.1, -0.05) is 18.2 Å². The van der Waals surface area contributed by atoms with E-state index in [4.69, 9.17) is 4.74 Å². The maximum atomic E-state index is 12.6. The molecule has 0 spiro atoms. The molecule has 8 nitrogen and oxygen atoms in total. The Bertz CT molecular complexity index is 909. The number of amides is 1. The predicted octanol–water partition coefficient (Wildman–Crippen LogP) is 1.01. The second-order valence-corrected chi connectivity index (χ2v) is 7.98. The zero-order chi connectivity index (χ0) is 19.4. The maximum Gasteiger partial charge on any atom is 0.260 e. The van der Waals surface area contributed by atoms with E-state index in [1.807, 2.05) is 18.2 Å². The third-order valence-electron chi connectivity index (χ3n) is 4.28. The van der Waals surface area contributed by atoms with Crippen LogP contribution in [0.25, 0.3) is 0 Å². The van der Waals surface area contributed by atoms with Gasteiger partial charge in [0.2, 0.25) is 10.0 Å². The monoisotopic (exact) mass is 392 g/mol. The van der Waals surface area contributed by atoms with Gasteiger partial charge in [-0.15, -0.1) is 0 Å². The van der Waals surface area contributed by atoms with Crippen molar-refractivity contribution in [1.29, 1.82) is 0 Å². The number of benzene rings is 2. The van der Waals surface area contributed by atoms with Crippen molar-refractivity contribution < 1.29 is 28.2 Å². The molecule has 0 aliphatic carbocycles.